The van der Waals surface area contributed by atoms with Gasteiger partial charge in [0.05, 0.1) is 16.3 Å². The van der Waals surface area contributed by atoms with Crippen LogP contribution in [0.1, 0.15) is 31.1 Å². The first-order valence-corrected chi connectivity index (χ1v) is 9.01. The number of aryl methyl sites for hydroxylation is 1. The first-order valence-electron chi connectivity index (χ1n) is 8.19. The molecular weight excluding hydrogens is 336 g/mol. The second kappa shape index (κ2) is 7.11. The molecule has 1 heterocycles. The van der Waals surface area contributed by atoms with Crippen LogP contribution in [0.4, 0.5) is 5.69 Å². The summed E-state index contributed by atoms with van der Waals surface area (Å²) in [6.45, 7) is 6.49. The first-order chi connectivity index (χ1) is 12.0. The van der Waals surface area contributed by atoms with Gasteiger partial charge in [0.25, 0.3) is 5.91 Å². The van der Waals surface area contributed by atoms with Crippen LogP contribution >= 0.6 is 11.3 Å². The van der Waals surface area contributed by atoms with Gasteiger partial charge in [0.2, 0.25) is 0 Å². The number of fused-ring (bicyclic) bond motifs is 1. The summed E-state index contributed by atoms with van der Waals surface area (Å²) >= 11 is 1.19. The number of rotatable bonds is 5. The number of anilines is 1. The highest BCUT2D eigenvalue weighted by atomic mass is 32.1. The van der Waals surface area contributed by atoms with Gasteiger partial charge in [0.15, 0.2) is 0 Å². The Balaban J connectivity index is 1.78. The van der Waals surface area contributed by atoms with E-state index in [1.54, 1.807) is 28.8 Å². The van der Waals surface area contributed by atoms with Gasteiger partial charge in [-0.05, 0) is 63.2 Å². The highest BCUT2D eigenvalue weighted by molar-refractivity contribution is 7.16. The van der Waals surface area contributed by atoms with Crippen molar-refractivity contribution in [1.29, 1.82) is 0 Å². The number of aromatic nitrogens is 1. The fourth-order valence-corrected chi connectivity index (χ4v) is 3.60. The van der Waals surface area contributed by atoms with Crippen molar-refractivity contribution in [3.63, 3.8) is 0 Å². The summed E-state index contributed by atoms with van der Waals surface area (Å²) in [6.07, 6.45) is 0.0917. The minimum Gasteiger partial charge on any atom is -0.491 e. The van der Waals surface area contributed by atoms with Gasteiger partial charge in [0, 0.05) is 17.8 Å². The van der Waals surface area contributed by atoms with Gasteiger partial charge < -0.3 is 10.1 Å². The fourth-order valence-electron chi connectivity index (χ4n) is 2.60. The molecule has 2 aromatic carbocycles. The van der Waals surface area contributed by atoms with Crippen LogP contribution in [0.5, 0.6) is 5.75 Å². The van der Waals surface area contributed by atoms with E-state index in [2.05, 4.69) is 5.32 Å². The molecule has 130 valence electrons. The van der Waals surface area contributed by atoms with E-state index in [9.17, 15) is 9.59 Å². The Kier molecular flexibility index (Phi) is 4.90. The summed E-state index contributed by atoms with van der Waals surface area (Å²) < 4.78 is 8.16. The lowest BCUT2D eigenvalue weighted by Gasteiger charge is -2.10. The summed E-state index contributed by atoms with van der Waals surface area (Å²) in [5.74, 6) is 0.538. The molecule has 3 rings (SSSR count). The van der Waals surface area contributed by atoms with Crippen LogP contribution in [0.25, 0.3) is 10.2 Å². The second-order valence-electron chi connectivity index (χ2n) is 5.94. The quantitative estimate of drug-likeness (QED) is 0.748. The van der Waals surface area contributed by atoms with Gasteiger partial charge in [-0.15, -0.1) is 0 Å². The van der Waals surface area contributed by atoms with Gasteiger partial charge in [-0.25, -0.2) is 0 Å². The number of amides is 1. The molecule has 3 aromatic rings. The molecule has 0 aliphatic carbocycles. The Morgan fingerprint density at radius 2 is 1.92 bits per heavy atom. The molecule has 0 fully saturated rings. The van der Waals surface area contributed by atoms with E-state index in [1.165, 1.54) is 11.3 Å². The molecule has 0 unspecified atom stereocenters. The average Bonchev–Trinajstić information content (AvgIpc) is 2.89. The molecular formula is C19H20N2O3S. The third kappa shape index (κ3) is 3.74. The number of nitrogens with one attached hydrogen (secondary N) is 1. The van der Waals surface area contributed by atoms with Crippen molar-refractivity contribution >= 4 is 33.1 Å². The third-order valence-electron chi connectivity index (χ3n) is 3.73. The lowest BCUT2D eigenvalue weighted by Crippen LogP contribution is -2.12. The van der Waals surface area contributed by atoms with Gasteiger partial charge in [0.1, 0.15) is 5.75 Å². The van der Waals surface area contributed by atoms with Gasteiger partial charge in [-0.3, -0.25) is 14.2 Å². The Bertz CT molecular complexity index is 955. The van der Waals surface area contributed by atoms with Crippen molar-refractivity contribution in [2.45, 2.75) is 33.4 Å². The van der Waals surface area contributed by atoms with E-state index >= 15 is 0 Å². The zero-order valence-electron chi connectivity index (χ0n) is 14.4. The van der Waals surface area contributed by atoms with Crippen LogP contribution in [-0.4, -0.2) is 16.6 Å². The fraction of sp³-hybridized carbons (Fsp3) is 0.263. The monoisotopic (exact) mass is 356 g/mol. The van der Waals surface area contributed by atoms with Crippen molar-refractivity contribution in [1.82, 2.24) is 4.57 Å². The summed E-state index contributed by atoms with van der Waals surface area (Å²) in [6, 6.07) is 12.5. The van der Waals surface area contributed by atoms with Crippen molar-refractivity contribution in [3.05, 3.63) is 57.7 Å². The molecule has 0 aliphatic rings. The number of benzene rings is 2. The summed E-state index contributed by atoms with van der Waals surface area (Å²) in [5.41, 5.74) is 2.12. The van der Waals surface area contributed by atoms with E-state index in [0.717, 1.165) is 16.0 Å². The standard InChI is InChI=1S/C19H20N2O3S/c1-4-21-16-10-7-14(11-17(16)25-19(21)23)20-18(22)13-5-8-15(9-6-13)24-12(2)3/h5-12H,4H2,1-3H3,(H,20,22). The minimum absolute atomic E-state index is 0.0155. The average molecular weight is 356 g/mol. The molecule has 1 N–H and O–H groups in total. The number of nitrogens with zero attached hydrogens (tertiary/aromatic N) is 1. The van der Waals surface area contributed by atoms with Crippen LogP contribution in [0.15, 0.2) is 47.3 Å². The normalized spacial score (nSPS) is 11.0. The van der Waals surface area contributed by atoms with Crippen molar-refractivity contribution in [2.24, 2.45) is 0 Å². The van der Waals surface area contributed by atoms with E-state index in [1.807, 2.05) is 39.0 Å². The maximum atomic E-state index is 12.4. The molecule has 0 saturated heterocycles. The van der Waals surface area contributed by atoms with Crippen molar-refractivity contribution in [3.8, 4) is 5.75 Å². The number of thiazole rings is 1. The molecule has 5 nitrogen and oxygen atoms in total. The van der Waals surface area contributed by atoms with Crippen LogP contribution in [0, 0.1) is 0 Å². The number of carbonyl (C=O) groups excluding carboxylic acids is 1. The number of hydrogen-bond donors (Lipinski definition) is 1. The molecule has 0 spiro atoms. The molecule has 1 amide bonds. The topological polar surface area (TPSA) is 60.3 Å². The highest BCUT2D eigenvalue weighted by Gasteiger charge is 2.10. The van der Waals surface area contributed by atoms with E-state index in [4.69, 9.17) is 4.74 Å². The zero-order valence-corrected chi connectivity index (χ0v) is 15.2. The zero-order chi connectivity index (χ0) is 18.0. The predicted molar refractivity (Wildman–Crippen MR) is 102 cm³/mol. The molecule has 0 bridgehead atoms. The number of carbonyl (C=O) groups is 1. The summed E-state index contributed by atoms with van der Waals surface area (Å²) in [4.78, 5) is 24.3. The SMILES string of the molecule is CCn1c(=O)sc2cc(NC(=O)c3ccc(OC(C)C)cc3)ccc21. The molecule has 6 heteroatoms. The van der Waals surface area contributed by atoms with Gasteiger partial charge >= 0.3 is 4.87 Å². The summed E-state index contributed by atoms with van der Waals surface area (Å²) in [7, 11) is 0. The molecule has 0 saturated carbocycles. The maximum Gasteiger partial charge on any atom is 0.308 e. The Labute approximate surface area is 149 Å². The van der Waals surface area contributed by atoms with Crippen molar-refractivity contribution in [2.75, 3.05) is 5.32 Å². The van der Waals surface area contributed by atoms with Crippen LogP contribution in [0.3, 0.4) is 0 Å². The molecule has 0 aliphatic heterocycles. The van der Waals surface area contributed by atoms with Crippen LogP contribution < -0.4 is 14.9 Å². The van der Waals surface area contributed by atoms with E-state index in [0.29, 0.717) is 17.8 Å². The third-order valence-corrected chi connectivity index (χ3v) is 4.67. The van der Waals surface area contributed by atoms with Gasteiger partial charge in [-0.1, -0.05) is 11.3 Å². The van der Waals surface area contributed by atoms with Crippen LogP contribution in [0.2, 0.25) is 0 Å². The lowest BCUT2D eigenvalue weighted by atomic mass is 10.2. The molecule has 1 aromatic heterocycles. The Morgan fingerprint density at radius 1 is 1.20 bits per heavy atom. The molecule has 25 heavy (non-hydrogen) atoms. The first kappa shape index (κ1) is 17.2. The molecule has 0 radical (unpaired) electrons. The minimum atomic E-state index is -0.197. The van der Waals surface area contributed by atoms with E-state index < -0.39 is 0 Å². The Morgan fingerprint density at radius 3 is 2.56 bits per heavy atom. The predicted octanol–water partition coefficient (Wildman–Crippen LogP) is 4.12. The number of hydrogen-bond acceptors (Lipinski definition) is 4. The van der Waals surface area contributed by atoms with E-state index in [-0.39, 0.29) is 16.9 Å². The smallest absolute Gasteiger partial charge is 0.308 e. The maximum absolute atomic E-state index is 12.4. The Hall–Kier alpha value is -2.60. The van der Waals surface area contributed by atoms with Crippen molar-refractivity contribution < 1.29 is 9.53 Å². The largest absolute Gasteiger partial charge is 0.491 e. The van der Waals surface area contributed by atoms with Crippen LogP contribution in [-0.2, 0) is 6.54 Å². The molecule has 0 atom stereocenters. The van der Waals surface area contributed by atoms with Gasteiger partial charge in [-0.2, -0.15) is 0 Å². The second-order valence-corrected chi connectivity index (χ2v) is 6.93. The summed E-state index contributed by atoms with van der Waals surface area (Å²) in [5, 5.41) is 2.87. The lowest BCUT2D eigenvalue weighted by molar-refractivity contribution is 0.102. The highest BCUT2D eigenvalue weighted by Crippen LogP contribution is 2.22. The number of ether oxygens (including phenoxy) is 1.